The zero-order valence-electron chi connectivity index (χ0n) is 24.9. The number of aromatic nitrogens is 2. The first kappa shape index (κ1) is 31.6. The van der Waals surface area contributed by atoms with Gasteiger partial charge in [-0.25, -0.2) is 4.98 Å². The van der Waals surface area contributed by atoms with E-state index in [9.17, 15) is 9.59 Å². The first-order valence-electron chi connectivity index (χ1n) is 14.7. The number of methoxy groups -OCH3 is 1. The molecule has 0 saturated carbocycles. The van der Waals surface area contributed by atoms with Gasteiger partial charge in [-0.2, -0.15) is 4.98 Å². The molecule has 1 fully saturated rings. The number of carbonyl (C=O) groups excluding carboxylic acids is 2. The fourth-order valence-electron chi connectivity index (χ4n) is 5.06. The third-order valence-electron chi connectivity index (χ3n) is 7.39. The summed E-state index contributed by atoms with van der Waals surface area (Å²) in [5.41, 5.74) is 2.82. The van der Waals surface area contributed by atoms with Gasteiger partial charge in [-0.1, -0.05) is 43.2 Å². The lowest BCUT2D eigenvalue weighted by molar-refractivity contribution is -0.126. The molecule has 0 bridgehead atoms. The van der Waals surface area contributed by atoms with Crippen LogP contribution in [0.2, 0.25) is 5.02 Å². The van der Waals surface area contributed by atoms with Gasteiger partial charge >= 0.3 is 0 Å². The lowest BCUT2D eigenvalue weighted by Gasteiger charge is -2.28. The zero-order valence-corrected chi connectivity index (χ0v) is 25.6. The van der Waals surface area contributed by atoms with Crippen LogP contribution < -0.4 is 25.6 Å². The zero-order chi connectivity index (χ0) is 30.6. The molecule has 3 N–H and O–H groups in total. The standard InChI is InChI=1S/C32H40ClN7O3/c1-4-29(41)40-19-10-6-5-9-17-39(18-11-12-20-40)23-15-16-27(28(21-23)43-3)37-32-35-22-25(33)30(38-32)36-26-14-8-7-13-24(26)31(42)34-2/h4,7-8,13-16,21-22H,1,5-6,9-12,17-20H2,2-3H3,(H,34,42)(H2,35,36,37,38). The van der Waals surface area contributed by atoms with E-state index in [0.717, 1.165) is 70.4 Å². The molecule has 43 heavy (non-hydrogen) atoms. The summed E-state index contributed by atoms with van der Waals surface area (Å²) in [5, 5.41) is 9.35. The van der Waals surface area contributed by atoms with E-state index in [0.29, 0.717) is 39.5 Å². The van der Waals surface area contributed by atoms with E-state index in [2.05, 4.69) is 43.5 Å². The number of ether oxygens (including phenoxy) is 1. The Hall–Kier alpha value is -4.31. The summed E-state index contributed by atoms with van der Waals surface area (Å²) in [4.78, 5) is 37.7. The van der Waals surface area contributed by atoms with Crippen molar-refractivity contribution in [2.24, 2.45) is 0 Å². The fraction of sp³-hybridized carbons (Fsp3) is 0.375. The molecule has 3 aromatic rings. The molecule has 1 aliphatic rings. The van der Waals surface area contributed by atoms with E-state index in [1.165, 1.54) is 12.3 Å². The van der Waals surface area contributed by atoms with Crippen LogP contribution in [0.1, 0.15) is 48.9 Å². The molecule has 0 atom stereocenters. The molecular formula is C32H40ClN7O3. The number of halogens is 1. The summed E-state index contributed by atoms with van der Waals surface area (Å²) in [6.45, 7) is 7.06. The number of hydrogen-bond acceptors (Lipinski definition) is 8. The molecule has 0 spiro atoms. The number of rotatable bonds is 8. The van der Waals surface area contributed by atoms with E-state index in [4.69, 9.17) is 16.3 Å². The van der Waals surface area contributed by atoms with Crippen LogP contribution in [-0.4, -0.2) is 67.0 Å². The second kappa shape index (κ2) is 15.8. The lowest BCUT2D eigenvalue weighted by Crippen LogP contribution is -2.33. The van der Waals surface area contributed by atoms with Gasteiger partial charge in [0.2, 0.25) is 11.9 Å². The van der Waals surface area contributed by atoms with Crippen LogP contribution in [0, 0.1) is 0 Å². The van der Waals surface area contributed by atoms with Gasteiger partial charge in [0.25, 0.3) is 5.91 Å². The lowest BCUT2D eigenvalue weighted by atomic mass is 10.1. The Morgan fingerprint density at radius 3 is 2.37 bits per heavy atom. The molecule has 4 rings (SSSR count). The Morgan fingerprint density at radius 2 is 1.65 bits per heavy atom. The van der Waals surface area contributed by atoms with Gasteiger partial charge in [-0.3, -0.25) is 9.59 Å². The van der Waals surface area contributed by atoms with Crippen molar-refractivity contribution < 1.29 is 14.3 Å². The Labute approximate surface area is 258 Å². The van der Waals surface area contributed by atoms with Crippen LogP contribution in [0.15, 0.2) is 61.3 Å². The van der Waals surface area contributed by atoms with Gasteiger partial charge in [-0.05, 0) is 56.0 Å². The second-order valence-electron chi connectivity index (χ2n) is 10.3. The van der Waals surface area contributed by atoms with Crippen molar-refractivity contribution in [3.05, 3.63) is 71.9 Å². The van der Waals surface area contributed by atoms with Crippen LogP contribution in [0.5, 0.6) is 5.75 Å². The van der Waals surface area contributed by atoms with Gasteiger partial charge in [-0.15, -0.1) is 0 Å². The average Bonchev–Trinajstić information content (AvgIpc) is 3.02. The van der Waals surface area contributed by atoms with Crippen molar-refractivity contribution in [2.45, 2.75) is 38.5 Å². The molecule has 11 heteroatoms. The SMILES string of the molecule is C=CC(=O)N1CCCCCCN(c2ccc(Nc3ncc(Cl)c(Nc4ccccc4C(=O)NC)n3)c(OC)c2)CCCC1. The third-order valence-corrected chi connectivity index (χ3v) is 7.67. The highest BCUT2D eigenvalue weighted by Crippen LogP contribution is 2.33. The monoisotopic (exact) mass is 605 g/mol. The number of amides is 2. The van der Waals surface area contributed by atoms with E-state index >= 15 is 0 Å². The van der Waals surface area contributed by atoms with E-state index in [1.54, 1.807) is 32.4 Å². The highest BCUT2D eigenvalue weighted by Gasteiger charge is 2.16. The molecule has 0 aliphatic carbocycles. The van der Waals surface area contributed by atoms with Gasteiger partial charge < -0.3 is 30.5 Å². The molecule has 1 aliphatic heterocycles. The molecule has 2 amide bonds. The van der Waals surface area contributed by atoms with Crippen molar-refractivity contribution in [3.8, 4) is 5.75 Å². The summed E-state index contributed by atoms with van der Waals surface area (Å²) in [6.07, 6.45) is 9.12. The number of carbonyl (C=O) groups is 2. The highest BCUT2D eigenvalue weighted by molar-refractivity contribution is 6.33. The average molecular weight is 606 g/mol. The number of anilines is 5. The Bertz CT molecular complexity index is 1420. The number of nitrogens with zero attached hydrogens (tertiary/aromatic N) is 4. The predicted octanol–water partition coefficient (Wildman–Crippen LogP) is 6.16. The maximum atomic E-state index is 12.3. The van der Waals surface area contributed by atoms with Crippen LogP contribution in [0.25, 0.3) is 0 Å². The Balaban J connectivity index is 1.49. The molecule has 10 nitrogen and oxygen atoms in total. The molecule has 228 valence electrons. The quantitative estimate of drug-likeness (QED) is 0.262. The van der Waals surface area contributed by atoms with Crippen LogP contribution in [0.4, 0.5) is 28.8 Å². The number of benzene rings is 2. The maximum absolute atomic E-state index is 12.3. The van der Waals surface area contributed by atoms with Crippen molar-refractivity contribution in [1.82, 2.24) is 20.2 Å². The summed E-state index contributed by atoms with van der Waals surface area (Å²) >= 11 is 6.41. The molecule has 1 aromatic heterocycles. The van der Waals surface area contributed by atoms with Crippen molar-refractivity contribution in [2.75, 3.05) is 55.9 Å². The first-order valence-corrected chi connectivity index (χ1v) is 15.0. The van der Waals surface area contributed by atoms with E-state index in [-0.39, 0.29) is 11.8 Å². The van der Waals surface area contributed by atoms with Crippen LogP contribution in [0.3, 0.4) is 0 Å². The summed E-state index contributed by atoms with van der Waals surface area (Å²) in [7, 11) is 3.22. The van der Waals surface area contributed by atoms with Gasteiger partial charge in [0, 0.05) is 45.0 Å². The molecule has 1 saturated heterocycles. The number of hydrogen-bond donors (Lipinski definition) is 3. The van der Waals surface area contributed by atoms with Crippen molar-refractivity contribution in [1.29, 1.82) is 0 Å². The van der Waals surface area contributed by atoms with E-state index in [1.807, 2.05) is 23.1 Å². The predicted molar refractivity (Wildman–Crippen MR) is 173 cm³/mol. The minimum Gasteiger partial charge on any atom is -0.494 e. The fourth-order valence-corrected chi connectivity index (χ4v) is 5.20. The Morgan fingerprint density at radius 1 is 0.953 bits per heavy atom. The molecule has 0 unspecified atom stereocenters. The number of para-hydroxylation sites is 1. The summed E-state index contributed by atoms with van der Waals surface area (Å²) in [5.74, 6) is 1.13. The van der Waals surface area contributed by atoms with Crippen LogP contribution >= 0.6 is 11.6 Å². The third kappa shape index (κ3) is 8.61. The van der Waals surface area contributed by atoms with Crippen LogP contribution in [-0.2, 0) is 4.79 Å². The van der Waals surface area contributed by atoms with Crippen molar-refractivity contribution in [3.63, 3.8) is 0 Å². The smallest absolute Gasteiger partial charge is 0.253 e. The normalized spacial score (nSPS) is 14.6. The Kier molecular flexibility index (Phi) is 11.6. The topological polar surface area (TPSA) is 112 Å². The summed E-state index contributed by atoms with van der Waals surface area (Å²) in [6, 6.07) is 13.2. The van der Waals surface area contributed by atoms with Gasteiger partial charge in [0.05, 0.1) is 30.2 Å². The minimum atomic E-state index is -0.224. The van der Waals surface area contributed by atoms with Gasteiger partial charge in [0.15, 0.2) is 5.82 Å². The molecule has 0 radical (unpaired) electrons. The van der Waals surface area contributed by atoms with E-state index < -0.39 is 0 Å². The van der Waals surface area contributed by atoms with Crippen molar-refractivity contribution >= 4 is 52.2 Å². The first-order chi connectivity index (χ1) is 20.9. The molecular weight excluding hydrogens is 566 g/mol. The largest absolute Gasteiger partial charge is 0.494 e. The second-order valence-corrected chi connectivity index (χ2v) is 10.7. The van der Waals surface area contributed by atoms with Gasteiger partial charge in [0.1, 0.15) is 10.8 Å². The highest BCUT2D eigenvalue weighted by atomic mass is 35.5. The number of nitrogens with one attached hydrogen (secondary N) is 3. The maximum Gasteiger partial charge on any atom is 0.253 e. The summed E-state index contributed by atoms with van der Waals surface area (Å²) < 4.78 is 5.76. The minimum absolute atomic E-state index is 0.0167. The molecule has 2 aromatic carbocycles. The molecule has 2 heterocycles.